The fourth-order valence-electron chi connectivity index (χ4n) is 2.79. The van der Waals surface area contributed by atoms with Crippen molar-refractivity contribution in [1.82, 2.24) is 15.5 Å². The van der Waals surface area contributed by atoms with Gasteiger partial charge in [0, 0.05) is 42.5 Å². The van der Waals surface area contributed by atoms with Crippen molar-refractivity contribution in [2.24, 2.45) is 5.92 Å². The van der Waals surface area contributed by atoms with Crippen molar-refractivity contribution in [3.63, 3.8) is 0 Å². The molecule has 0 fully saturated rings. The van der Waals surface area contributed by atoms with Gasteiger partial charge < -0.3 is 26.2 Å². The Balaban J connectivity index is 1.93. The van der Waals surface area contributed by atoms with Crippen molar-refractivity contribution in [2.45, 2.75) is 27.3 Å². The lowest BCUT2D eigenvalue weighted by molar-refractivity contribution is -0.118. The number of nitrogens with zero attached hydrogens (tertiary/aromatic N) is 1. The van der Waals surface area contributed by atoms with Gasteiger partial charge in [0.2, 0.25) is 5.91 Å². The molecule has 0 unspecified atom stereocenters. The van der Waals surface area contributed by atoms with Crippen LogP contribution in [0.15, 0.2) is 42.5 Å². The molecule has 172 valence electrons. The smallest absolute Gasteiger partial charge is 0.319 e. The number of nitrogens with one attached hydrogen (secondary N) is 4. The van der Waals surface area contributed by atoms with Crippen molar-refractivity contribution < 1.29 is 14.4 Å². The Bertz CT molecular complexity index is 956. The normalized spacial score (nSPS) is 10.7. The Kier molecular flexibility index (Phi) is 9.22. The van der Waals surface area contributed by atoms with Gasteiger partial charge in [-0.2, -0.15) is 0 Å². The van der Waals surface area contributed by atoms with E-state index in [1.165, 1.54) is 0 Å². The van der Waals surface area contributed by atoms with Gasteiger partial charge in [-0.3, -0.25) is 9.59 Å². The maximum Gasteiger partial charge on any atom is 0.319 e. The summed E-state index contributed by atoms with van der Waals surface area (Å²) in [4.78, 5) is 38.6. The van der Waals surface area contributed by atoms with E-state index in [-0.39, 0.29) is 30.3 Å². The zero-order valence-electron chi connectivity index (χ0n) is 19.4. The minimum Gasteiger partial charge on any atom is -0.351 e. The molecule has 0 radical (unpaired) electrons. The van der Waals surface area contributed by atoms with E-state index >= 15 is 0 Å². The van der Waals surface area contributed by atoms with Gasteiger partial charge >= 0.3 is 6.03 Å². The SMILES string of the molecule is Cc1ccc(NC(=O)C(C)C)cc1NC(=O)NCc1cccc(C(=O)NCCN(C)C)c1. The molecule has 0 saturated carbocycles. The van der Waals surface area contributed by atoms with Crippen LogP contribution in [0.1, 0.15) is 35.3 Å². The van der Waals surface area contributed by atoms with Gasteiger partial charge in [0.25, 0.3) is 5.91 Å². The number of anilines is 2. The van der Waals surface area contributed by atoms with Gasteiger partial charge in [-0.15, -0.1) is 0 Å². The van der Waals surface area contributed by atoms with Crippen LogP contribution in [0.2, 0.25) is 0 Å². The van der Waals surface area contributed by atoms with E-state index in [0.29, 0.717) is 23.5 Å². The first-order chi connectivity index (χ1) is 15.2. The van der Waals surface area contributed by atoms with E-state index in [4.69, 9.17) is 0 Å². The summed E-state index contributed by atoms with van der Waals surface area (Å²) >= 11 is 0. The average Bonchev–Trinajstić information content (AvgIpc) is 2.74. The van der Waals surface area contributed by atoms with Crippen LogP contribution in [0.3, 0.4) is 0 Å². The minimum absolute atomic E-state index is 0.0881. The fourth-order valence-corrected chi connectivity index (χ4v) is 2.79. The predicted octanol–water partition coefficient (Wildman–Crippen LogP) is 3.20. The second kappa shape index (κ2) is 11.9. The molecule has 8 nitrogen and oxygen atoms in total. The molecule has 0 aliphatic heterocycles. The third-order valence-electron chi connectivity index (χ3n) is 4.76. The first-order valence-corrected chi connectivity index (χ1v) is 10.6. The molecule has 2 aromatic carbocycles. The summed E-state index contributed by atoms with van der Waals surface area (Å²) in [6, 6.07) is 12.1. The van der Waals surface area contributed by atoms with Crippen LogP contribution in [0, 0.1) is 12.8 Å². The van der Waals surface area contributed by atoms with E-state index in [1.54, 1.807) is 30.3 Å². The van der Waals surface area contributed by atoms with Crippen LogP contribution in [-0.4, -0.2) is 49.9 Å². The molecule has 0 spiro atoms. The van der Waals surface area contributed by atoms with Crippen molar-refractivity contribution in [1.29, 1.82) is 0 Å². The number of rotatable bonds is 9. The average molecular weight is 440 g/mol. The zero-order valence-corrected chi connectivity index (χ0v) is 19.4. The topological polar surface area (TPSA) is 103 Å². The number of urea groups is 1. The highest BCUT2D eigenvalue weighted by molar-refractivity contribution is 5.95. The largest absolute Gasteiger partial charge is 0.351 e. The summed E-state index contributed by atoms with van der Waals surface area (Å²) in [5.41, 5.74) is 3.47. The van der Waals surface area contributed by atoms with Gasteiger partial charge in [-0.1, -0.05) is 32.0 Å². The van der Waals surface area contributed by atoms with Crippen molar-refractivity contribution in [2.75, 3.05) is 37.8 Å². The zero-order chi connectivity index (χ0) is 23.7. The molecule has 0 aliphatic rings. The van der Waals surface area contributed by atoms with Crippen LogP contribution in [0.4, 0.5) is 16.2 Å². The second-order valence-corrected chi connectivity index (χ2v) is 8.24. The molecule has 0 aromatic heterocycles. The predicted molar refractivity (Wildman–Crippen MR) is 128 cm³/mol. The first-order valence-electron chi connectivity index (χ1n) is 10.6. The highest BCUT2D eigenvalue weighted by Crippen LogP contribution is 2.21. The van der Waals surface area contributed by atoms with Crippen LogP contribution in [0.5, 0.6) is 0 Å². The number of amides is 4. The Hall–Kier alpha value is -3.39. The van der Waals surface area contributed by atoms with E-state index in [1.807, 2.05) is 51.9 Å². The first kappa shape index (κ1) is 24.9. The molecular formula is C24H33N5O3. The van der Waals surface area contributed by atoms with E-state index in [9.17, 15) is 14.4 Å². The Morgan fingerprint density at radius 3 is 2.41 bits per heavy atom. The summed E-state index contributed by atoms with van der Waals surface area (Å²) in [5.74, 6) is -0.370. The standard InChI is InChI=1S/C24H33N5O3/c1-16(2)22(30)27-20-10-9-17(3)21(14-20)28-24(32)26-15-18-7-6-8-19(13-18)23(31)25-11-12-29(4)5/h6-10,13-14,16H,11-12,15H2,1-5H3,(H,25,31)(H,27,30)(H2,26,28,32). The van der Waals surface area contributed by atoms with Crippen molar-refractivity contribution in [3.05, 3.63) is 59.2 Å². The van der Waals surface area contributed by atoms with E-state index < -0.39 is 0 Å². The molecule has 0 aliphatic carbocycles. The highest BCUT2D eigenvalue weighted by atomic mass is 16.2. The third kappa shape index (κ3) is 8.03. The summed E-state index contributed by atoms with van der Waals surface area (Å²) in [6.45, 7) is 7.11. The number of carbonyl (C=O) groups excluding carboxylic acids is 3. The van der Waals surface area contributed by atoms with Gasteiger partial charge in [-0.05, 0) is 56.4 Å². The maximum atomic E-state index is 12.4. The molecule has 4 amide bonds. The van der Waals surface area contributed by atoms with Crippen LogP contribution < -0.4 is 21.3 Å². The Morgan fingerprint density at radius 2 is 1.72 bits per heavy atom. The molecule has 0 atom stereocenters. The molecule has 0 heterocycles. The molecule has 32 heavy (non-hydrogen) atoms. The second-order valence-electron chi connectivity index (χ2n) is 8.24. The van der Waals surface area contributed by atoms with Gasteiger partial charge in [-0.25, -0.2) is 4.79 Å². The molecule has 2 rings (SSSR count). The number of likely N-dealkylation sites (N-methyl/N-ethyl adjacent to an activating group) is 1. The molecule has 4 N–H and O–H groups in total. The van der Waals surface area contributed by atoms with Gasteiger partial charge in [0.1, 0.15) is 0 Å². The Labute approximate surface area is 189 Å². The molecule has 2 aromatic rings. The fraction of sp³-hybridized carbons (Fsp3) is 0.375. The number of benzene rings is 2. The minimum atomic E-state index is -0.374. The summed E-state index contributed by atoms with van der Waals surface area (Å²) in [6.07, 6.45) is 0. The lowest BCUT2D eigenvalue weighted by Crippen LogP contribution is -2.31. The highest BCUT2D eigenvalue weighted by Gasteiger charge is 2.11. The maximum absolute atomic E-state index is 12.4. The summed E-state index contributed by atoms with van der Waals surface area (Å²) in [7, 11) is 3.89. The molecule has 0 saturated heterocycles. The van der Waals surface area contributed by atoms with E-state index in [2.05, 4.69) is 21.3 Å². The van der Waals surface area contributed by atoms with Gasteiger partial charge in [0.05, 0.1) is 0 Å². The monoisotopic (exact) mass is 439 g/mol. The third-order valence-corrected chi connectivity index (χ3v) is 4.76. The molecule has 0 bridgehead atoms. The number of hydrogen-bond donors (Lipinski definition) is 4. The van der Waals surface area contributed by atoms with Crippen molar-refractivity contribution in [3.8, 4) is 0 Å². The summed E-state index contributed by atoms with van der Waals surface area (Å²) in [5, 5.41) is 11.3. The summed E-state index contributed by atoms with van der Waals surface area (Å²) < 4.78 is 0. The number of hydrogen-bond acceptors (Lipinski definition) is 4. The van der Waals surface area contributed by atoms with E-state index in [0.717, 1.165) is 17.7 Å². The molecular weight excluding hydrogens is 406 g/mol. The van der Waals surface area contributed by atoms with Crippen molar-refractivity contribution >= 4 is 29.2 Å². The van der Waals surface area contributed by atoms with Gasteiger partial charge in [0.15, 0.2) is 0 Å². The van der Waals surface area contributed by atoms with Crippen LogP contribution >= 0.6 is 0 Å². The van der Waals surface area contributed by atoms with Crippen LogP contribution in [0.25, 0.3) is 0 Å². The lowest BCUT2D eigenvalue weighted by atomic mass is 10.1. The number of carbonyl (C=O) groups is 3. The number of aryl methyl sites for hydroxylation is 1. The lowest BCUT2D eigenvalue weighted by Gasteiger charge is -2.14. The Morgan fingerprint density at radius 1 is 0.969 bits per heavy atom. The molecule has 8 heteroatoms. The van der Waals surface area contributed by atoms with Crippen LogP contribution in [-0.2, 0) is 11.3 Å². The quantitative estimate of drug-likeness (QED) is 0.482.